The van der Waals surface area contributed by atoms with E-state index in [2.05, 4.69) is 20.7 Å². The SMILES string of the molecule is O=C(NCc1cccnc1-n1cccn1)Nc1cccc(C(=O)N2CCOCC2)c1. The Morgan fingerprint density at radius 3 is 2.73 bits per heavy atom. The van der Waals surface area contributed by atoms with Crippen molar-refractivity contribution in [3.05, 3.63) is 72.2 Å². The van der Waals surface area contributed by atoms with Crippen LogP contribution >= 0.6 is 0 Å². The van der Waals surface area contributed by atoms with Crippen LogP contribution in [0.5, 0.6) is 0 Å². The highest BCUT2D eigenvalue weighted by molar-refractivity contribution is 5.97. The number of anilines is 1. The van der Waals surface area contributed by atoms with Gasteiger partial charge >= 0.3 is 6.03 Å². The van der Waals surface area contributed by atoms with Gasteiger partial charge in [-0.3, -0.25) is 4.79 Å². The van der Waals surface area contributed by atoms with E-state index in [1.54, 1.807) is 52.4 Å². The maximum atomic E-state index is 12.6. The second kappa shape index (κ2) is 9.19. The molecule has 1 aliphatic heterocycles. The second-order valence-corrected chi connectivity index (χ2v) is 6.73. The standard InChI is InChI=1S/C21H22N6O3/c28-20(26-10-12-30-13-11-26)16-4-1-6-18(14-16)25-21(29)23-15-17-5-2-7-22-19(17)27-9-3-8-24-27/h1-9,14H,10-13,15H2,(H2,23,25,29). The van der Waals surface area contributed by atoms with Gasteiger partial charge in [-0.1, -0.05) is 12.1 Å². The number of urea groups is 1. The monoisotopic (exact) mass is 406 g/mol. The molecular weight excluding hydrogens is 384 g/mol. The number of aromatic nitrogens is 3. The molecule has 9 heteroatoms. The third-order valence-electron chi connectivity index (χ3n) is 4.69. The van der Waals surface area contributed by atoms with Gasteiger partial charge in [-0.25, -0.2) is 14.5 Å². The molecule has 2 N–H and O–H groups in total. The minimum absolute atomic E-state index is 0.0680. The van der Waals surface area contributed by atoms with Crippen LogP contribution in [0.4, 0.5) is 10.5 Å². The number of nitrogens with one attached hydrogen (secondary N) is 2. The van der Waals surface area contributed by atoms with Gasteiger partial charge in [-0.05, 0) is 30.3 Å². The third kappa shape index (κ3) is 4.64. The highest BCUT2D eigenvalue weighted by Crippen LogP contribution is 2.14. The number of hydrogen-bond donors (Lipinski definition) is 2. The van der Waals surface area contributed by atoms with Crippen molar-refractivity contribution in [3.63, 3.8) is 0 Å². The summed E-state index contributed by atoms with van der Waals surface area (Å²) in [7, 11) is 0. The molecule has 4 rings (SSSR count). The number of ether oxygens (including phenoxy) is 1. The molecule has 30 heavy (non-hydrogen) atoms. The highest BCUT2D eigenvalue weighted by atomic mass is 16.5. The number of hydrogen-bond acceptors (Lipinski definition) is 5. The van der Waals surface area contributed by atoms with Crippen molar-refractivity contribution in [1.82, 2.24) is 25.0 Å². The fraction of sp³-hybridized carbons (Fsp3) is 0.238. The topological polar surface area (TPSA) is 101 Å². The molecule has 1 saturated heterocycles. The minimum Gasteiger partial charge on any atom is -0.378 e. The van der Waals surface area contributed by atoms with Crippen molar-refractivity contribution in [2.45, 2.75) is 6.54 Å². The number of benzene rings is 1. The lowest BCUT2D eigenvalue weighted by Gasteiger charge is -2.27. The lowest BCUT2D eigenvalue weighted by Crippen LogP contribution is -2.40. The molecule has 0 bridgehead atoms. The average Bonchev–Trinajstić information content (AvgIpc) is 3.33. The van der Waals surface area contributed by atoms with Crippen LogP contribution in [0, 0.1) is 0 Å². The lowest BCUT2D eigenvalue weighted by atomic mass is 10.1. The van der Waals surface area contributed by atoms with E-state index in [9.17, 15) is 9.59 Å². The highest BCUT2D eigenvalue weighted by Gasteiger charge is 2.18. The van der Waals surface area contributed by atoms with Crippen LogP contribution in [0.15, 0.2) is 61.1 Å². The molecule has 0 spiro atoms. The molecule has 0 unspecified atom stereocenters. The largest absolute Gasteiger partial charge is 0.378 e. The summed E-state index contributed by atoms with van der Waals surface area (Å²) in [6, 6.07) is 12.0. The zero-order valence-electron chi connectivity index (χ0n) is 16.3. The second-order valence-electron chi connectivity index (χ2n) is 6.73. The van der Waals surface area contributed by atoms with Crippen molar-refractivity contribution < 1.29 is 14.3 Å². The molecule has 1 fully saturated rings. The van der Waals surface area contributed by atoms with Crippen LogP contribution in [-0.2, 0) is 11.3 Å². The number of nitrogens with zero attached hydrogens (tertiary/aromatic N) is 4. The van der Waals surface area contributed by atoms with E-state index >= 15 is 0 Å². The molecule has 2 aromatic heterocycles. The van der Waals surface area contributed by atoms with Crippen molar-refractivity contribution in [3.8, 4) is 5.82 Å². The molecule has 0 aliphatic carbocycles. The summed E-state index contributed by atoms with van der Waals surface area (Å²) in [5, 5.41) is 9.78. The minimum atomic E-state index is -0.374. The van der Waals surface area contributed by atoms with E-state index in [1.165, 1.54) is 0 Å². The van der Waals surface area contributed by atoms with E-state index < -0.39 is 0 Å². The van der Waals surface area contributed by atoms with Crippen molar-refractivity contribution in [2.75, 3.05) is 31.6 Å². The normalized spacial score (nSPS) is 13.7. The van der Waals surface area contributed by atoms with Crippen LogP contribution in [0.1, 0.15) is 15.9 Å². The van der Waals surface area contributed by atoms with Gasteiger partial charge in [0.2, 0.25) is 0 Å². The van der Waals surface area contributed by atoms with Gasteiger partial charge in [0.15, 0.2) is 5.82 Å². The zero-order chi connectivity index (χ0) is 20.8. The molecular formula is C21H22N6O3. The summed E-state index contributed by atoms with van der Waals surface area (Å²) in [5.74, 6) is 0.586. The van der Waals surface area contributed by atoms with E-state index in [4.69, 9.17) is 4.74 Å². The predicted molar refractivity (Wildman–Crippen MR) is 110 cm³/mol. The van der Waals surface area contributed by atoms with Crippen LogP contribution in [-0.4, -0.2) is 57.9 Å². The molecule has 9 nitrogen and oxygen atoms in total. The molecule has 154 valence electrons. The van der Waals surface area contributed by atoms with Gasteiger partial charge < -0.3 is 20.3 Å². The molecule has 3 heterocycles. The summed E-state index contributed by atoms with van der Waals surface area (Å²) in [5.41, 5.74) is 1.90. The molecule has 0 atom stereocenters. The summed E-state index contributed by atoms with van der Waals surface area (Å²) in [6.07, 6.45) is 5.14. The van der Waals surface area contributed by atoms with E-state index in [1.807, 2.05) is 18.2 Å². The number of rotatable bonds is 5. The van der Waals surface area contributed by atoms with Crippen LogP contribution in [0.3, 0.4) is 0 Å². The van der Waals surface area contributed by atoms with Crippen LogP contribution in [0.25, 0.3) is 5.82 Å². The first-order chi connectivity index (χ1) is 14.7. The van der Waals surface area contributed by atoms with Crippen LogP contribution < -0.4 is 10.6 Å². The van der Waals surface area contributed by atoms with Crippen molar-refractivity contribution >= 4 is 17.6 Å². The van der Waals surface area contributed by atoms with Gasteiger partial charge in [-0.2, -0.15) is 5.10 Å². The van der Waals surface area contributed by atoms with Gasteiger partial charge in [-0.15, -0.1) is 0 Å². The number of amides is 3. The number of carbonyl (C=O) groups is 2. The molecule has 1 aromatic carbocycles. The van der Waals surface area contributed by atoms with E-state index in [0.717, 1.165) is 5.56 Å². The smallest absolute Gasteiger partial charge is 0.319 e. The van der Waals surface area contributed by atoms with E-state index in [0.29, 0.717) is 43.4 Å². The maximum absolute atomic E-state index is 12.6. The third-order valence-corrected chi connectivity index (χ3v) is 4.69. The number of morpholine rings is 1. The van der Waals surface area contributed by atoms with Gasteiger partial charge in [0, 0.05) is 55.0 Å². The first-order valence-corrected chi connectivity index (χ1v) is 9.66. The average molecular weight is 406 g/mol. The summed E-state index contributed by atoms with van der Waals surface area (Å²) < 4.78 is 6.94. The van der Waals surface area contributed by atoms with Crippen molar-refractivity contribution in [1.29, 1.82) is 0 Å². The van der Waals surface area contributed by atoms with Gasteiger partial charge in [0.25, 0.3) is 5.91 Å². The predicted octanol–water partition coefficient (Wildman–Crippen LogP) is 2.06. The molecule has 0 saturated carbocycles. The first kappa shape index (κ1) is 19.6. The Balaban J connectivity index is 1.38. The Kier molecular flexibility index (Phi) is 6.00. The fourth-order valence-electron chi connectivity index (χ4n) is 3.20. The van der Waals surface area contributed by atoms with Gasteiger partial charge in [0.1, 0.15) is 0 Å². The Bertz CT molecular complexity index is 1020. The molecule has 3 aromatic rings. The Morgan fingerprint density at radius 2 is 1.93 bits per heavy atom. The Labute approximate surface area is 173 Å². The van der Waals surface area contributed by atoms with Gasteiger partial charge in [0.05, 0.1) is 13.2 Å². The molecule has 3 amide bonds. The fourth-order valence-corrected chi connectivity index (χ4v) is 3.20. The summed E-state index contributed by atoms with van der Waals surface area (Å²) in [4.78, 5) is 31.1. The number of pyridine rings is 1. The molecule has 1 aliphatic rings. The first-order valence-electron chi connectivity index (χ1n) is 9.66. The quantitative estimate of drug-likeness (QED) is 0.675. The molecule has 0 radical (unpaired) electrons. The Hall–Kier alpha value is -3.72. The summed E-state index contributed by atoms with van der Waals surface area (Å²) >= 11 is 0. The Morgan fingerprint density at radius 1 is 1.07 bits per heavy atom. The van der Waals surface area contributed by atoms with E-state index in [-0.39, 0.29) is 18.5 Å². The lowest BCUT2D eigenvalue weighted by molar-refractivity contribution is 0.0303. The van der Waals surface area contributed by atoms with Crippen LogP contribution in [0.2, 0.25) is 0 Å². The summed E-state index contributed by atoms with van der Waals surface area (Å²) in [6.45, 7) is 2.50. The number of carbonyl (C=O) groups excluding carboxylic acids is 2. The maximum Gasteiger partial charge on any atom is 0.319 e. The van der Waals surface area contributed by atoms with Crippen molar-refractivity contribution in [2.24, 2.45) is 0 Å². The zero-order valence-corrected chi connectivity index (χ0v) is 16.3.